The highest BCUT2D eigenvalue weighted by Crippen LogP contribution is 2.66. The standard InChI is InChI=1S/C28H47NO/c1-18(2)16-29-17-19(3)21-9-10-22-20-8-11-24-26(4,5)25(30)13-15-28(24,7)23(20)12-14-27(21,22)6/h10,18-19,21,24-25,29-30H,8-9,11-17H2,1-7H3/t19-,21-,24+,25+,27-,28-/m1/s1. The number of hydrogen-bond donors (Lipinski definition) is 2. The maximum Gasteiger partial charge on any atom is 0.0594 e. The molecule has 0 aromatic carbocycles. The van der Waals surface area contributed by atoms with Gasteiger partial charge in [-0.05, 0) is 109 Å². The highest BCUT2D eigenvalue weighted by Gasteiger charge is 2.57. The fraction of sp³-hybridized carbons (Fsp3) is 0.857. The molecule has 2 nitrogen and oxygen atoms in total. The molecule has 0 radical (unpaired) electrons. The summed E-state index contributed by atoms with van der Waals surface area (Å²) in [4.78, 5) is 0. The number of aliphatic hydroxyl groups excluding tert-OH is 1. The molecule has 1 saturated carbocycles. The Balaban J connectivity index is 1.58. The van der Waals surface area contributed by atoms with Crippen LogP contribution >= 0.6 is 0 Å². The lowest BCUT2D eigenvalue weighted by Gasteiger charge is -2.59. The van der Waals surface area contributed by atoms with Crippen LogP contribution in [0.1, 0.15) is 93.4 Å². The molecule has 0 spiro atoms. The van der Waals surface area contributed by atoms with Crippen LogP contribution in [0.2, 0.25) is 0 Å². The van der Waals surface area contributed by atoms with Crippen molar-refractivity contribution in [2.45, 2.75) is 99.5 Å². The molecule has 4 aliphatic rings. The molecule has 4 rings (SSSR count). The van der Waals surface area contributed by atoms with E-state index in [1.807, 2.05) is 0 Å². The highest BCUT2D eigenvalue weighted by atomic mass is 16.3. The van der Waals surface area contributed by atoms with Gasteiger partial charge in [0.25, 0.3) is 0 Å². The molecular weight excluding hydrogens is 366 g/mol. The van der Waals surface area contributed by atoms with E-state index in [1.165, 1.54) is 38.5 Å². The molecule has 2 heteroatoms. The van der Waals surface area contributed by atoms with E-state index in [4.69, 9.17) is 0 Å². The van der Waals surface area contributed by atoms with Crippen molar-refractivity contribution in [1.29, 1.82) is 0 Å². The van der Waals surface area contributed by atoms with Crippen LogP contribution in [0.4, 0.5) is 0 Å². The quantitative estimate of drug-likeness (QED) is 0.538. The molecule has 170 valence electrons. The second kappa shape index (κ2) is 7.77. The molecular formula is C28H47NO. The van der Waals surface area contributed by atoms with Crippen LogP contribution in [0.5, 0.6) is 0 Å². The van der Waals surface area contributed by atoms with Gasteiger partial charge in [0.1, 0.15) is 0 Å². The fourth-order valence-corrected chi connectivity index (χ4v) is 8.32. The Morgan fingerprint density at radius 1 is 1.00 bits per heavy atom. The molecule has 0 aromatic heterocycles. The Morgan fingerprint density at radius 2 is 1.73 bits per heavy atom. The molecule has 4 aliphatic carbocycles. The van der Waals surface area contributed by atoms with Gasteiger partial charge in [0, 0.05) is 0 Å². The first kappa shape index (κ1) is 22.6. The van der Waals surface area contributed by atoms with E-state index < -0.39 is 0 Å². The van der Waals surface area contributed by atoms with Crippen molar-refractivity contribution < 1.29 is 5.11 Å². The van der Waals surface area contributed by atoms with Crippen molar-refractivity contribution in [3.8, 4) is 0 Å². The minimum atomic E-state index is -0.138. The molecule has 1 fully saturated rings. The predicted octanol–water partition coefficient (Wildman–Crippen LogP) is 6.51. The molecule has 6 atom stereocenters. The topological polar surface area (TPSA) is 32.3 Å². The van der Waals surface area contributed by atoms with Crippen LogP contribution in [0, 0.1) is 39.9 Å². The van der Waals surface area contributed by atoms with Crippen LogP contribution in [-0.2, 0) is 0 Å². The maximum atomic E-state index is 10.7. The SMILES string of the molecule is CC(C)CNC[C@@H](C)[C@H]1CC=C2C3=C(CC[C@@]21C)[C@@]1(C)CC[C@H](O)C(C)(C)[C@@H]1CC3. The summed E-state index contributed by atoms with van der Waals surface area (Å²) in [5.74, 6) is 2.84. The van der Waals surface area contributed by atoms with E-state index in [1.54, 1.807) is 16.7 Å². The van der Waals surface area contributed by atoms with Gasteiger partial charge in [-0.15, -0.1) is 0 Å². The number of hydrogen-bond acceptors (Lipinski definition) is 2. The maximum absolute atomic E-state index is 10.7. The van der Waals surface area contributed by atoms with Gasteiger partial charge in [-0.25, -0.2) is 0 Å². The van der Waals surface area contributed by atoms with E-state index in [-0.39, 0.29) is 11.5 Å². The van der Waals surface area contributed by atoms with Gasteiger partial charge >= 0.3 is 0 Å². The van der Waals surface area contributed by atoms with Gasteiger partial charge in [0.2, 0.25) is 0 Å². The summed E-state index contributed by atoms with van der Waals surface area (Å²) in [6.07, 6.45) is 11.0. The van der Waals surface area contributed by atoms with Crippen LogP contribution < -0.4 is 5.32 Å². The van der Waals surface area contributed by atoms with Crippen LogP contribution in [-0.4, -0.2) is 24.3 Å². The second-order valence-corrected chi connectivity index (χ2v) is 12.7. The van der Waals surface area contributed by atoms with Crippen LogP contribution in [0.25, 0.3) is 0 Å². The summed E-state index contributed by atoms with van der Waals surface area (Å²) in [6.45, 7) is 19.1. The third-order valence-corrected chi connectivity index (χ3v) is 10.1. The number of rotatable bonds is 5. The van der Waals surface area contributed by atoms with E-state index in [2.05, 4.69) is 59.9 Å². The predicted molar refractivity (Wildman–Crippen MR) is 127 cm³/mol. The van der Waals surface area contributed by atoms with E-state index in [9.17, 15) is 5.11 Å². The lowest BCUT2D eigenvalue weighted by molar-refractivity contribution is -0.0905. The molecule has 0 amide bonds. The molecule has 0 bridgehead atoms. The van der Waals surface area contributed by atoms with Gasteiger partial charge in [-0.1, -0.05) is 60.1 Å². The molecule has 2 N–H and O–H groups in total. The van der Waals surface area contributed by atoms with Gasteiger partial charge < -0.3 is 10.4 Å². The molecule has 0 unspecified atom stereocenters. The Morgan fingerprint density at radius 3 is 2.43 bits per heavy atom. The van der Waals surface area contributed by atoms with Crippen molar-refractivity contribution in [2.75, 3.05) is 13.1 Å². The van der Waals surface area contributed by atoms with Gasteiger partial charge in [0.05, 0.1) is 6.10 Å². The minimum Gasteiger partial charge on any atom is -0.393 e. The van der Waals surface area contributed by atoms with Crippen LogP contribution in [0.15, 0.2) is 22.8 Å². The highest BCUT2D eigenvalue weighted by molar-refractivity contribution is 5.49. The van der Waals surface area contributed by atoms with Crippen molar-refractivity contribution in [3.05, 3.63) is 22.8 Å². The molecule has 0 aromatic rings. The molecule has 30 heavy (non-hydrogen) atoms. The minimum absolute atomic E-state index is 0.0372. The zero-order chi connectivity index (χ0) is 21.9. The number of fused-ring (bicyclic) bond motifs is 4. The lowest BCUT2D eigenvalue weighted by atomic mass is 9.46. The van der Waals surface area contributed by atoms with Gasteiger partial charge in [-0.3, -0.25) is 0 Å². The zero-order valence-corrected chi connectivity index (χ0v) is 20.8. The van der Waals surface area contributed by atoms with Crippen molar-refractivity contribution in [3.63, 3.8) is 0 Å². The van der Waals surface area contributed by atoms with E-state index >= 15 is 0 Å². The van der Waals surface area contributed by atoms with Gasteiger partial charge in [0.15, 0.2) is 0 Å². The largest absolute Gasteiger partial charge is 0.393 e. The Labute approximate surface area is 186 Å². The summed E-state index contributed by atoms with van der Waals surface area (Å²) >= 11 is 0. The van der Waals surface area contributed by atoms with Crippen LogP contribution in [0.3, 0.4) is 0 Å². The first-order chi connectivity index (χ1) is 14.0. The van der Waals surface area contributed by atoms with Crippen molar-refractivity contribution in [1.82, 2.24) is 5.32 Å². The monoisotopic (exact) mass is 413 g/mol. The average molecular weight is 414 g/mol. The molecule has 0 heterocycles. The average Bonchev–Trinajstić information content (AvgIpc) is 3.02. The first-order valence-corrected chi connectivity index (χ1v) is 12.8. The van der Waals surface area contributed by atoms with Crippen molar-refractivity contribution in [2.24, 2.45) is 39.9 Å². The van der Waals surface area contributed by atoms with Crippen molar-refractivity contribution >= 4 is 0 Å². The smallest absolute Gasteiger partial charge is 0.0594 e. The Kier molecular flexibility index (Phi) is 5.85. The lowest BCUT2D eigenvalue weighted by Crippen LogP contribution is -2.53. The summed E-state index contributed by atoms with van der Waals surface area (Å²) in [5, 5.41) is 14.5. The van der Waals surface area contributed by atoms with E-state index in [0.29, 0.717) is 16.7 Å². The summed E-state index contributed by atoms with van der Waals surface area (Å²) < 4.78 is 0. The summed E-state index contributed by atoms with van der Waals surface area (Å²) in [6, 6.07) is 0. The summed E-state index contributed by atoms with van der Waals surface area (Å²) in [5.41, 5.74) is 5.96. The Bertz CT molecular complexity index is 731. The normalized spacial score (nSPS) is 41.2. The number of allylic oxidation sites excluding steroid dienone is 4. The third-order valence-electron chi connectivity index (χ3n) is 10.1. The second-order valence-electron chi connectivity index (χ2n) is 12.7. The first-order valence-electron chi connectivity index (χ1n) is 12.8. The third kappa shape index (κ3) is 3.36. The fourth-order valence-electron chi connectivity index (χ4n) is 8.32. The van der Waals surface area contributed by atoms with Gasteiger partial charge in [-0.2, -0.15) is 0 Å². The Hall–Kier alpha value is -0.600. The number of nitrogens with one attached hydrogen (secondary N) is 1. The summed E-state index contributed by atoms with van der Waals surface area (Å²) in [7, 11) is 0. The van der Waals surface area contributed by atoms with E-state index in [0.717, 1.165) is 37.3 Å². The number of aliphatic hydroxyl groups is 1. The molecule has 0 aliphatic heterocycles. The molecule has 0 saturated heterocycles. The zero-order valence-electron chi connectivity index (χ0n) is 20.8.